The van der Waals surface area contributed by atoms with Crippen LogP contribution in [0.4, 0.5) is 5.69 Å². The van der Waals surface area contributed by atoms with Gasteiger partial charge in [-0.15, -0.1) is 11.3 Å². The van der Waals surface area contributed by atoms with Gasteiger partial charge in [0, 0.05) is 18.5 Å². The number of benzene rings is 1. The van der Waals surface area contributed by atoms with E-state index in [1.807, 2.05) is 29.6 Å². The molecule has 0 saturated carbocycles. The van der Waals surface area contributed by atoms with Crippen molar-refractivity contribution in [3.63, 3.8) is 0 Å². The maximum Gasteiger partial charge on any atom is 0.282 e. The van der Waals surface area contributed by atoms with Crippen molar-refractivity contribution in [3.05, 3.63) is 57.9 Å². The van der Waals surface area contributed by atoms with Gasteiger partial charge in [0.05, 0.1) is 17.9 Å². The van der Waals surface area contributed by atoms with Crippen molar-refractivity contribution in [2.24, 2.45) is 0 Å². The summed E-state index contributed by atoms with van der Waals surface area (Å²) in [5, 5.41) is 11.1. The number of rotatable bonds is 6. The molecule has 2 aromatic rings. The zero-order valence-corrected chi connectivity index (χ0v) is 15.0. The Hall–Kier alpha value is -2.44. The average Bonchev–Trinajstić information content (AvgIpc) is 3.21. The lowest BCUT2D eigenvalue weighted by atomic mass is 10.1. The van der Waals surface area contributed by atoms with Gasteiger partial charge in [-0.05, 0) is 35.6 Å². The lowest BCUT2D eigenvalue weighted by molar-refractivity contribution is -0.120. The Labute approximate surface area is 150 Å². The van der Waals surface area contributed by atoms with E-state index in [0.29, 0.717) is 17.0 Å². The third-order valence-corrected chi connectivity index (χ3v) is 5.13. The molecule has 1 aromatic carbocycles. The Morgan fingerprint density at radius 1 is 1.12 bits per heavy atom. The summed E-state index contributed by atoms with van der Waals surface area (Å²) in [4.78, 5) is 29.7. The molecule has 1 aliphatic heterocycles. The van der Waals surface area contributed by atoms with Crippen molar-refractivity contribution in [1.29, 1.82) is 0 Å². The van der Waals surface area contributed by atoms with E-state index in [1.165, 1.54) is 16.2 Å². The highest BCUT2D eigenvalue weighted by atomic mass is 32.1. The van der Waals surface area contributed by atoms with Crippen molar-refractivity contribution >= 4 is 34.4 Å². The molecule has 0 fully saturated rings. The van der Waals surface area contributed by atoms with E-state index in [4.69, 9.17) is 0 Å². The summed E-state index contributed by atoms with van der Waals surface area (Å²) in [5.41, 5.74) is 2.44. The highest BCUT2D eigenvalue weighted by Gasteiger charge is 2.41. The summed E-state index contributed by atoms with van der Waals surface area (Å²) < 4.78 is 0. The zero-order chi connectivity index (χ0) is 18.0. The van der Waals surface area contributed by atoms with Crippen molar-refractivity contribution in [2.75, 3.05) is 25.1 Å². The predicted molar refractivity (Wildman–Crippen MR) is 99.3 cm³/mol. The zero-order valence-electron chi connectivity index (χ0n) is 14.2. The number of hydrogen-bond acceptors (Lipinski definition) is 5. The number of carbonyl (C=O) groups is 2. The molecule has 1 N–H and O–H groups in total. The molecule has 25 heavy (non-hydrogen) atoms. The van der Waals surface area contributed by atoms with Gasteiger partial charge in [-0.3, -0.25) is 9.59 Å². The van der Waals surface area contributed by atoms with E-state index in [0.717, 1.165) is 16.9 Å². The molecule has 0 unspecified atom stereocenters. The van der Waals surface area contributed by atoms with Gasteiger partial charge < -0.3 is 10.0 Å². The first-order valence-corrected chi connectivity index (χ1v) is 9.04. The van der Waals surface area contributed by atoms with E-state index in [9.17, 15) is 14.7 Å². The minimum Gasteiger partial charge on any atom is -0.395 e. The number of hydrogen-bond donors (Lipinski definition) is 1. The molecule has 0 spiro atoms. The fraction of sp³-hybridized carbons (Fsp3) is 0.263. The molecule has 1 aromatic heterocycles. The van der Waals surface area contributed by atoms with Gasteiger partial charge in [-0.25, -0.2) is 4.90 Å². The molecule has 1 aliphatic rings. The van der Waals surface area contributed by atoms with Gasteiger partial charge in [-0.1, -0.05) is 25.1 Å². The first-order chi connectivity index (χ1) is 12.1. The Balaban J connectivity index is 2.05. The number of carbonyl (C=O) groups excluding carboxylic acids is 2. The molecular weight excluding hydrogens is 336 g/mol. The molecule has 2 amide bonds. The SMILES string of the molecule is CCc1ccc(N2C(=O)C(c3cccs3)=C(N(C)CCO)C2=O)cc1. The molecule has 6 heteroatoms. The summed E-state index contributed by atoms with van der Waals surface area (Å²) >= 11 is 1.42. The largest absolute Gasteiger partial charge is 0.395 e. The quantitative estimate of drug-likeness (QED) is 0.808. The number of imide groups is 1. The number of thiophene rings is 1. The van der Waals surface area contributed by atoms with E-state index in [1.54, 1.807) is 24.1 Å². The highest BCUT2D eigenvalue weighted by Crippen LogP contribution is 2.36. The minimum atomic E-state index is -0.353. The van der Waals surface area contributed by atoms with Gasteiger partial charge in [-0.2, -0.15) is 0 Å². The van der Waals surface area contributed by atoms with Crippen LogP contribution in [-0.4, -0.2) is 42.0 Å². The number of aliphatic hydroxyl groups is 1. The number of aryl methyl sites for hydroxylation is 1. The Morgan fingerprint density at radius 3 is 2.40 bits per heavy atom. The van der Waals surface area contributed by atoms with E-state index >= 15 is 0 Å². The summed E-state index contributed by atoms with van der Waals surface area (Å²) in [7, 11) is 1.72. The molecule has 0 saturated heterocycles. The summed E-state index contributed by atoms with van der Waals surface area (Å²) in [6.45, 7) is 2.25. The fourth-order valence-electron chi connectivity index (χ4n) is 2.89. The molecule has 0 atom stereocenters. The molecule has 0 bridgehead atoms. The third-order valence-electron chi connectivity index (χ3n) is 4.25. The van der Waals surface area contributed by atoms with E-state index in [-0.39, 0.29) is 25.0 Å². The number of aliphatic hydroxyl groups excluding tert-OH is 1. The average molecular weight is 356 g/mol. The molecule has 3 rings (SSSR count). The Kier molecular flexibility index (Phi) is 5.01. The summed E-state index contributed by atoms with van der Waals surface area (Å²) in [5.74, 6) is -0.676. The fourth-order valence-corrected chi connectivity index (χ4v) is 3.65. The molecule has 0 radical (unpaired) electrons. The van der Waals surface area contributed by atoms with Gasteiger partial charge in [0.25, 0.3) is 11.8 Å². The van der Waals surface area contributed by atoms with E-state index < -0.39 is 0 Å². The maximum absolute atomic E-state index is 13.1. The molecule has 130 valence electrons. The van der Waals surface area contributed by atoms with Crippen LogP contribution in [0.3, 0.4) is 0 Å². The molecular formula is C19H20N2O3S. The Morgan fingerprint density at radius 2 is 1.84 bits per heavy atom. The van der Waals surface area contributed by atoms with Crippen LogP contribution in [0, 0.1) is 0 Å². The lowest BCUT2D eigenvalue weighted by Gasteiger charge is -2.20. The smallest absolute Gasteiger partial charge is 0.282 e. The maximum atomic E-state index is 13.1. The van der Waals surface area contributed by atoms with Crippen molar-refractivity contribution in [3.8, 4) is 0 Å². The van der Waals surface area contributed by atoms with Crippen LogP contribution < -0.4 is 4.90 Å². The lowest BCUT2D eigenvalue weighted by Crippen LogP contribution is -2.34. The Bertz CT molecular complexity index is 810. The van der Waals surface area contributed by atoms with Crippen LogP contribution in [0.25, 0.3) is 5.57 Å². The van der Waals surface area contributed by atoms with Crippen LogP contribution in [0.5, 0.6) is 0 Å². The van der Waals surface area contributed by atoms with Crippen molar-refractivity contribution < 1.29 is 14.7 Å². The van der Waals surface area contributed by atoms with Gasteiger partial charge in [0.1, 0.15) is 5.70 Å². The second kappa shape index (κ2) is 7.21. The molecule has 2 heterocycles. The summed E-state index contributed by atoms with van der Waals surface area (Å²) in [6.07, 6.45) is 0.894. The number of anilines is 1. The standard InChI is InChI=1S/C19H20N2O3S/c1-3-13-6-8-14(9-7-13)21-18(23)16(15-5-4-12-25-15)17(19(21)24)20(2)10-11-22/h4-9,12,22H,3,10-11H2,1-2H3. The van der Waals surface area contributed by atoms with Crippen molar-refractivity contribution in [1.82, 2.24) is 4.90 Å². The molecule has 5 nitrogen and oxygen atoms in total. The first-order valence-electron chi connectivity index (χ1n) is 8.16. The topological polar surface area (TPSA) is 60.9 Å². The van der Waals surface area contributed by atoms with Crippen LogP contribution >= 0.6 is 11.3 Å². The van der Waals surface area contributed by atoms with Crippen LogP contribution in [-0.2, 0) is 16.0 Å². The predicted octanol–water partition coefficient (Wildman–Crippen LogP) is 2.52. The number of likely N-dealkylation sites (N-methyl/N-ethyl adjacent to an activating group) is 1. The third kappa shape index (κ3) is 3.10. The molecule has 0 aliphatic carbocycles. The van der Waals surface area contributed by atoms with Gasteiger partial charge in [0.2, 0.25) is 0 Å². The number of amides is 2. The minimum absolute atomic E-state index is 0.0929. The summed E-state index contributed by atoms with van der Waals surface area (Å²) in [6, 6.07) is 11.1. The monoisotopic (exact) mass is 356 g/mol. The van der Waals surface area contributed by atoms with Gasteiger partial charge >= 0.3 is 0 Å². The van der Waals surface area contributed by atoms with Crippen molar-refractivity contribution in [2.45, 2.75) is 13.3 Å². The van der Waals surface area contributed by atoms with E-state index in [2.05, 4.69) is 6.92 Å². The number of nitrogens with zero attached hydrogens (tertiary/aromatic N) is 2. The normalized spacial score (nSPS) is 14.6. The highest BCUT2D eigenvalue weighted by molar-refractivity contribution is 7.11. The van der Waals surface area contributed by atoms with Crippen LogP contribution in [0.15, 0.2) is 47.5 Å². The van der Waals surface area contributed by atoms with Crippen LogP contribution in [0.2, 0.25) is 0 Å². The first kappa shape index (κ1) is 17.4. The van der Waals surface area contributed by atoms with Crippen LogP contribution in [0.1, 0.15) is 17.4 Å². The second-order valence-corrected chi connectivity index (χ2v) is 6.76. The van der Waals surface area contributed by atoms with Gasteiger partial charge in [0.15, 0.2) is 0 Å². The second-order valence-electron chi connectivity index (χ2n) is 5.81.